The van der Waals surface area contributed by atoms with Crippen LogP contribution in [0.2, 0.25) is 0 Å². The maximum absolute atomic E-state index is 13.3. The first-order valence-corrected chi connectivity index (χ1v) is 11.7. The van der Waals surface area contributed by atoms with Crippen LogP contribution in [-0.2, 0) is 0 Å². The van der Waals surface area contributed by atoms with Gasteiger partial charge in [-0.15, -0.1) is 0 Å². The van der Waals surface area contributed by atoms with Gasteiger partial charge in [0.2, 0.25) is 0 Å². The lowest BCUT2D eigenvalue weighted by Gasteiger charge is -2.34. The standard InChI is InChI=1S/C25H26N8O/c1-16-13-31(15-19(16)11-27)24-17(2)14-33-23(29-24)9-21(30-33)22-5-3-4-8-32(22)25(34)20-7-6-18(10-26)12-28-20/h6-7,9,12,14,16,19,22H,3-5,8,13,15H2,1-2H3/t16-,19+,22-/m0/s1. The summed E-state index contributed by atoms with van der Waals surface area (Å²) in [6.07, 6.45) is 6.18. The highest BCUT2D eigenvalue weighted by Crippen LogP contribution is 2.33. The van der Waals surface area contributed by atoms with Crippen molar-refractivity contribution in [2.24, 2.45) is 11.8 Å². The maximum atomic E-state index is 13.3. The molecule has 0 saturated carbocycles. The molecule has 0 N–H and O–H groups in total. The highest BCUT2D eigenvalue weighted by atomic mass is 16.2. The molecule has 1 amide bonds. The Balaban J connectivity index is 1.44. The first-order valence-electron chi connectivity index (χ1n) is 11.7. The van der Waals surface area contributed by atoms with Gasteiger partial charge in [0.05, 0.1) is 29.3 Å². The second-order valence-corrected chi connectivity index (χ2v) is 9.29. The monoisotopic (exact) mass is 454 g/mol. The van der Waals surface area contributed by atoms with Crippen molar-refractivity contribution in [3.05, 3.63) is 53.1 Å². The van der Waals surface area contributed by atoms with E-state index in [0.29, 0.717) is 30.3 Å². The zero-order valence-corrected chi connectivity index (χ0v) is 19.3. The molecular formula is C25H26N8O. The number of aromatic nitrogens is 4. The molecule has 2 saturated heterocycles. The van der Waals surface area contributed by atoms with Gasteiger partial charge in [-0.1, -0.05) is 6.92 Å². The molecule has 3 atom stereocenters. The van der Waals surface area contributed by atoms with E-state index < -0.39 is 0 Å². The SMILES string of the molecule is Cc1cn2nc([C@@H]3CCCCN3C(=O)c3ccc(C#N)cn3)cc2nc1N1C[C@@H](C#N)[C@@H](C)C1. The van der Waals surface area contributed by atoms with Crippen molar-refractivity contribution >= 4 is 17.4 Å². The first kappa shape index (κ1) is 21.8. The van der Waals surface area contributed by atoms with Gasteiger partial charge in [0.15, 0.2) is 5.65 Å². The Labute approximate surface area is 198 Å². The number of carbonyl (C=O) groups excluding carboxylic acids is 1. The minimum absolute atomic E-state index is 0.00976. The van der Waals surface area contributed by atoms with E-state index in [-0.39, 0.29) is 17.9 Å². The van der Waals surface area contributed by atoms with Crippen molar-refractivity contribution in [2.45, 2.75) is 39.2 Å². The van der Waals surface area contributed by atoms with Gasteiger partial charge in [0.1, 0.15) is 17.6 Å². The minimum atomic E-state index is -0.154. The molecule has 2 aliphatic heterocycles. The number of amides is 1. The van der Waals surface area contributed by atoms with E-state index in [0.717, 1.165) is 48.5 Å². The number of pyridine rings is 1. The summed E-state index contributed by atoms with van der Waals surface area (Å²) in [6.45, 7) is 6.26. The van der Waals surface area contributed by atoms with Crippen LogP contribution in [0.4, 0.5) is 5.82 Å². The summed E-state index contributed by atoms with van der Waals surface area (Å²) in [5.41, 5.74) is 3.32. The lowest BCUT2D eigenvalue weighted by atomic mass is 9.99. The molecule has 3 aromatic heterocycles. The van der Waals surface area contributed by atoms with Gasteiger partial charge in [-0.2, -0.15) is 15.6 Å². The number of carbonyl (C=O) groups is 1. The number of rotatable bonds is 3. The van der Waals surface area contributed by atoms with Crippen LogP contribution >= 0.6 is 0 Å². The van der Waals surface area contributed by atoms with Crippen LogP contribution in [0.15, 0.2) is 30.6 Å². The van der Waals surface area contributed by atoms with Gasteiger partial charge in [0, 0.05) is 43.7 Å². The zero-order chi connectivity index (χ0) is 23.8. The fourth-order valence-corrected chi connectivity index (χ4v) is 5.03. The molecule has 0 aliphatic carbocycles. The van der Waals surface area contributed by atoms with Crippen LogP contribution in [0.3, 0.4) is 0 Å². The summed E-state index contributed by atoms with van der Waals surface area (Å²) in [6, 6.07) is 9.48. The number of likely N-dealkylation sites (tertiary alicyclic amines) is 1. The molecule has 3 aromatic rings. The molecule has 5 heterocycles. The number of aryl methyl sites for hydroxylation is 1. The largest absolute Gasteiger partial charge is 0.355 e. The summed E-state index contributed by atoms with van der Waals surface area (Å²) in [7, 11) is 0. The van der Waals surface area contributed by atoms with Crippen molar-refractivity contribution in [3.63, 3.8) is 0 Å². The number of fused-ring (bicyclic) bond motifs is 1. The minimum Gasteiger partial charge on any atom is -0.355 e. The van der Waals surface area contributed by atoms with Crippen LogP contribution in [0.25, 0.3) is 5.65 Å². The van der Waals surface area contributed by atoms with E-state index in [1.54, 1.807) is 16.6 Å². The Morgan fingerprint density at radius 3 is 2.76 bits per heavy atom. The molecular weight excluding hydrogens is 428 g/mol. The Hall–Kier alpha value is -3.98. The van der Waals surface area contributed by atoms with Crippen LogP contribution in [0.5, 0.6) is 0 Å². The Bertz CT molecular complexity index is 1320. The highest BCUT2D eigenvalue weighted by molar-refractivity contribution is 5.92. The van der Waals surface area contributed by atoms with Gasteiger partial charge in [-0.3, -0.25) is 4.79 Å². The van der Waals surface area contributed by atoms with Crippen molar-refractivity contribution in [3.8, 4) is 12.1 Å². The predicted molar refractivity (Wildman–Crippen MR) is 125 cm³/mol. The Kier molecular flexibility index (Phi) is 5.62. The summed E-state index contributed by atoms with van der Waals surface area (Å²) >= 11 is 0. The molecule has 9 nitrogen and oxygen atoms in total. The molecule has 172 valence electrons. The lowest BCUT2D eigenvalue weighted by Crippen LogP contribution is -2.39. The summed E-state index contributed by atoms with van der Waals surface area (Å²) in [5, 5.41) is 23.2. The van der Waals surface area contributed by atoms with Crippen LogP contribution in [0.1, 0.15) is 59.5 Å². The third-order valence-electron chi connectivity index (χ3n) is 6.92. The van der Waals surface area contributed by atoms with Crippen molar-refractivity contribution in [1.82, 2.24) is 24.5 Å². The predicted octanol–water partition coefficient (Wildman–Crippen LogP) is 3.27. The first-order chi connectivity index (χ1) is 16.5. The molecule has 0 bridgehead atoms. The quantitative estimate of drug-likeness (QED) is 0.596. The molecule has 2 aliphatic rings. The average molecular weight is 455 g/mol. The number of anilines is 1. The smallest absolute Gasteiger partial charge is 0.273 e. The van der Waals surface area contributed by atoms with E-state index in [9.17, 15) is 10.1 Å². The third kappa shape index (κ3) is 3.84. The number of hydrogen-bond acceptors (Lipinski definition) is 7. The number of nitrogens with zero attached hydrogens (tertiary/aromatic N) is 8. The Morgan fingerprint density at radius 1 is 1.21 bits per heavy atom. The number of hydrogen-bond donors (Lipinski definition) is 0. The van der Waals surface area contributed by atoms with E-state index in [1.807, 2.05) is 30.2 Å². The van der Waals surface area contributed by atoms with Gasteiger partial charge in [-0.25, -0.2) is 14.5 Å². The van der Waals surface area contributed by atoms with E-state index >= 15 is 0 Å². The molecule has 0 unspecified atom stereocenters. The fraction of sp³-hybridized carbons (Fsp3) is 0.440. The van der Waals surface area contributed by atoms with E-state index in [2.05, 4.69) is 22.9 Å². The zero-order valence-electron chi connectivity index (χ0n) is 19.3. The molecule has 0 spiro atoms. The van der Waals surface area contributed by atoms with Crippen molar-refractivity contribution in [1.29, 1.82) is 10.5 Å². The second-order valence-electron chi connectivity index (χ2n) is 9.29. The fourth-order valence-electron chi connectivity index (χ4n) is 5.03. The average Bonchev–Trinajstić information content (AvgIpc) is 3.45. The molecule has 0 aromatic carbocycles. The van der Waals surface area contributed by atoms with Crippen LogP contribution < -0.4 is 4.90 Å². The number of piperidine rings is 1. The maximum Gasteiger partial charge on any atom is 0.273 e. The summed E-state index contributed by atoms with van der Waals surface area (Å²) in [4.78, 5) is 26.4. The highest BCUT2D eigenvalue weighted by Gasteiger charge is 2.33. The topological polar surface area (TPSA) is 114 Å². The van der Waals surface area contributed by atoms with E-state index in [4.69, 9.17) is 15.3 Å². The molecule has 34 heavy (non-hydrogen) atoms. The third-order valence-corrected chi connectivity index (χ3v) is 6.92. The van der Waals surface area contributed by atoms with Gasteiger partial charge >= 0.3 is 0 Å². The molecule has 2 fully saturated rings. The van der Waals surface area contributed by atoms with Crippen LogP contribution in [-0.4, -0.2) is 50.0 Å². The van der Waals surface area contributed by atoms with Crippen molar-refractivity contribution < 1.29 is 4.79 Å². The molecule has 5 rings (SSSR count). The molecule has 9 heteroatoms. The van der Waals surface area contributed by atoms with E-state index in [1.165, 1.54) is 6.20 Å². The second kappa shape index (κ2) is 8.75. The Morgan fingerprint density at radius 2 is 2.06 bits per heavy atom. The van der Waals surface area contributed by atoms with Gasteiger partial charge < -0.3 is 9.80 Å². The molecule has 0 radical (unpaired) electrons. The number of nitriles is 2. The lowest BCUT2D eigenvalue weighted by molar-refractivity contribution is 0.0599. The van der Waals surface area contributed by atoms with Crippen molar-refractivity contribution in [2.75, 3.05) is 24.5 Å². The summed E-state index contributed by atoms with van der Waals surface area (Å²) in [5.74, 6) is 1.06. The van der Waals surface area contributed by atoms with Crippen LogP contribution in [0, 0.1) is 41.4 Å². The van der Waals surface area contributed by atoms with Gasteiger partial charge in [-0.05, 0) is 44.2 Å². The normalized spacial score (nSPS) is 22.5. The summed E-state index contributed by atoms with van der Waals surface area (Å²) < 4.78 is 1.78. The van der Waals surface area contributed by atoms with Gasteiger partial charge in [0.25, 0.3) is 5.91 Å².